The van der Waals surface area contributed by atoms with Gasteiger partial charge < -0.3 is 5.48 Å². The van der Waals surface area contributed by atoms with Crippen molar-refractivity contribution in [1.29, 1.82) is 0 Å². The van der Waals surface area contributed by atoms with Crippen molar-refractivity contribution in [3.05, 3.63) is 0 Å². The van der Waals surface area contributed by atoms with Crippen molar-refractivity contribution < 1.29 is 38.7 Å². The Kier molecular flexibility index (Phi) is 144. The summed E-state index contributed by atoms with van der Waals surface area (Å²) in [5.74, 6) is 0. The van der Waals surface area contributed by atoms with Crippen LogP contribution in [0.15, 0.2) is 0 Å². The molecule has 0 amide bonds. The van der Waals surface area contributed by atoms with Crippen LogP contribution in [0.4, 0.5) is 0 Å². The van der Waals surface area contributed by atoms with Crippen LogP contribution < -0.4 is 0 Å². The van der Waals surface area contributed by atoms with Crippen molar-refractivity contribution in [3.63, 3.8) is 0 Å². The Morgan fingerprint density at radius 1 is 1.00 bits per heavy atom. The molecule has 4 heteroatoms. The number of hydrogen-bond donors (Lipinski definition) is 0. The molecule has 0 heterocycles. The molecule has 0 unspecified atom stereocenters. The number of hydrogen-bond acceptors (Lipinski definition) is 1. The van der Waals surface area contributed by atoms with E-state index >= 15 is 0 Å². The Bertz CT molecular complexity index is 8.00. The van der Waals surface area contributed by atoms with E-state index in [9.17, 15) is 0 Å². The van der Waals surface area contributed by atoms with E-state index in [1.807, 2.05) is 0 Å². The Hall–Kier alpha value is 2.44. The average Bonchev–Trinajstić information content (AvgIpc) is 0. The molecule has 0 aromatic carbocycles. The maximum absolute atomic E-state index is 0. The van der Waals surface area contributed by atoms with Gasteiger partial charge in [-0.15, -0.1) is 0 Å². The van der Waals surface area contributed by atoms with Crippen molar-refractivity contribution >= 4 is 45.5 Å². The van der Waals surface area contributed by atoms with Crippen LogP contribution in [-0.4, -0.2) is 51.0 Å². The van der Waals surface area contributed by atoms with Crippen LogP contribution >= 0.6 is 0 Å². The third-order valence-electron chi connectivity index (χ3n) is 0. The van der Waals surface area contributed by atoms with Crippen LogP contribution in [0.5, 0.6) is 0 Å². The summed E-state index contributed by atoms with van der Waals surface area (Å²) in [6.45, 7) is 0. The average molecular weight is 222 g/mol. The molecular formula is HCoNiOSr+5. The first-order chi connectivity index (χ1) is 0. The van der Waals surface area contributed by atoms with Gasteiger partial charge in [0.1, 0.15) is 0 Å². The van der Waals surface area contributed by atoms with Gasteiger partial charge >= 0.3 is 78.8 Å². The van der Waals surface area contributed by atoms with Gasteiger partial charge in [-0.3, -0.25) is 0 Å². The molecule has 0 bridgehead atoms. The molecule has 0 rings (SSSR count). The van der Waals surface area contributed by atoms with E-state index in [1.54, 1.807) is 0 Å². The maximum atomic E-state index is 0. The van der Waals surface area contributed by atoms with E-state index in [4.69, 9.17) is 0 Å². The molecule has 0 fully saturated rings. The van der Waals surface area contributed by atoms with Gasteiger partial charge in [0.25, 0.3) is 0 Å². The molecule has 0 saturated carbocycles. The molecule has 0 aliphatic rings. The Balaban J connectivity index is 0. The summed E-state index contributed by atoms with van der Waals surface area (Å²) < 4.78 is 0. The zero-order valence-corrected chi connectivity index (χ0v) is 7.31. The van der Waals surface area contributed by atoms with Gasteiger partial charge in [0.2, 0.25) is 0 Å². The molecule has 0 aromatic heterocycles. The molecule has 0 atom stereocenters. The largest absolute Gasteiger partial charge is 2.00 e. The van der Waals surface area contributed by atoms with Crippen molar-refractivity contribution in [2.75, 3.05) is 0 Å². The summed E-state index contributed by atoms with van der Waals surface area (Å²) in [4.78, 5) is 0. The van der Waals surface area contributed by atoms with Crippen LogP contribution in [-0.2, 0) is 33.3 Å². The molecule has 0 aromatic rings. The second-order valence-corrected chi connectivity index (χ2v) is 0. The zero-order valence-electron chi connectivity index (χ0n) is 1.80. The van der Waals surface area contributed by atoms with E-state index in [0.29, 0.717) is 0 Å². The molecule has 4 heavy (non-hydrogen) atoms. The first-order valence-corrected chi connectivity index (χ1v) is 0. The van der Waals surface area contributed by atoms with Gasteiger partial charge in [-0.2, -0.15) is 0 Å². The van der Waals surface area contributed by atoms with E-state index in [0.717, 1.165) is 0 Å². The third kappa shape index (κ3) is 8.83. The van der Waals surface area contributed by atoms with Crippen LogP contribution in [0.25, 0.3) is 0 Å². The fraction of sp³-hybridized carbons (Fsp3) is 0. The van der Waals surface area contributed by atoms with E-state index in [2.05, 4.69) is 0 Å². The molecule has 1 nitrogen and oxygen atoms in total. The molecule has 23 valence electrons. The fourth-order valence-corrected chi connectivity index (χ4v) is 0. The summed E-state index contributed by atoms with van der Waals surface area (Å²) in [6, 6.07) is 0. The van der Waals surface area contributed by atoms with Gasteiger partial charge in [-0.05, 0) is 0 Å². The van der Waals surface area contributed by atoms with Gasteiger partial charge in [-0.25, -0.2) is 0 Å². The molecule has 0 aliphatic carbocycles. The molecule has 0 aliphatic heterocycles. The molecule has 0 spiro atoms. The van der Waals surface area contributed by atoms with Crippen molar-refractivity contribution in [2.24, 2.45) is 0 Å². The predicted molar refractivity (Wildman–Crippen MR) is 7.69 cm³/mol. The van der Waals surface area contributed by atoms with Gasteiger partial charge in [0, 0.05) is 0 Å². The smallest absolute Gasteiger partial charge is 0.870 e. The van der Waals surface area contributed by atoms with Crippen LogP contribution in [0, 0.1) is 0 Å². The third-order valence-corrected chi connectivity index (χ3v) is 0. The Morgan fingerprint density at radius 3 is 1.00 bits per heavy atom. The van der Waals surface area contributed by atoms with E-state index in [-0.39, 0.29) is 84.2 Å². The van der Waals surface area contributed by atoms with Crippen molar-refractivity contribution in [2.45, 2.75) is 0 Å². The normalized spacial score (nSPS) is 0. The van der Waals surface area contributed by atoms with E-state index in [1.165, 1.54) is 0 Å². The Labute approximate surface area is 82.6 Å². The summed E-state index contributed by atoms with van der Waals surface area (Å²) in [5, 5.41) is 0. The summed E-state index contributed by atoms with van der Waals surface area (Å²) in [5.41, 5.74) is 0. The molecule has 1 N–H and O–H groups in total. The van der Waals surface area contributed by atoms with Crippen LogP contribution in [0.3, 0.4) is 0 Å². The van der Waals surface area contributed by atoms with Crippen LogP contribution in [0.2, 0.25) is 0 Å². The summed E-state index contributed by atoms with van der Waals surface area (Å²) in [7, 11) is 0. The van der Waals surface area contributed by atoms with Crippen LogP contribution in [0.1, 0.15) is 0 Å². The second-order valence-electron chi connectivity index (χ2n) is 0. The SMILES string of the molecule is [Co+2].[Ni+2].[OH-].[Sr+2]. The summed E-state index contributed by atoms with van der Waals surface area (Å²) >= 11 is 0. The van der Waals surface area contributed by atoms with Gasteiger partial charge in [-0.1, -0.05) is 0 Å². The van der Waals surface area contributed by atoms with E-state index < -0.39 is 0 Å². The minimum Gasteiger partial charge on any atom is -0.870 e. The second kappa shape index (κ2) is 18.0. The Morgan fingerprint density at radius 2 is 1.00 bits per heavy atom. The number of rotatable bonds is 0. The first kappa shape index (κ1) is 32.0. The minimum atomic E-state index is 0. The predicted octanol–water partition coefficient (Wildman–Crippen LogP) is -0.563. The maximum Gasteiger partial charge on any atom is 2.00 e. The topological polar surface area (TPSA) is 30.0 Å². The first-order valence-electron chi connectivity index (χ1n) is 0. The monoisotopic (exact) mass is 222 g/mol. The molecule has 1 radical (unpaired) electrons. The minimum absolute atomic E-state index is 0. The molecule has 0 saturated heterocycles. The standard InChI is InChI=1S/Co.Ni.H2O.Sr/h;;1H2;/q2*+2;;+2/p-1. The summed E-state index contributed by atoms with van der Waals surface area (Å²) in [6.07, 6.45) is 0. The molecular weight excluding hydrogens is 221 g/mol. The fourth-order valence-electron chi connectivity index (χ4n) is 0. The zero-order chi connectivity index (χ0) is 0. The van der Waals surface area contributed by atoms with Gasteiger partial charge in [0.15, 0.2) is 0 Å². The quantitative estimate of drug-likeness (QED) is 0.505. The van der Waals surface area contributed by atoms with Gasteiger partial charge in [0.05, 0.1) is 0 Å². The van der Waals surface area contributed by atoms with Crippen molar-refractivity contribution in [3.8, 4) is 0 Å². The van der Waals surface area contributed by atoms with Crippen molar-refractivity contribution in [1.82, 2.24) is 0 Å².